The number of aliphatic imine (C=N–C) groups is 1. The highest BCUT2D eigenvalue weighted by Crippen LogP contribution is 2.19. The summed E-state index contributed by atoms with van der Waals surface area (Å²) in [6.45, 7) is 11.4. The molecule has 30 heteroatoms. The van der Waals surface area contributed by atoms with Gasteiger partial charge in [-0.05, 0) is 58.4 Å². The first-order valence-electron chi connectivity index (χ1n) is 27.8. The Hall–Kier alpha value is -4.95. The lowest BCUT2D eigenvalue weighted by Crippen LogP contribution is -2.45. The number of unbranched alkanes of at least 4 members (excludes halogenated alkanes) is 1. The Morgan fingerprint density at radius 3 is 1.55 bits per heavy atom. The van der Waals surface area contributed by atoms with Crippen LogP contribution in [0.2, 0.25) is 0 Å². The predicted molar refractivity (Wildman–Crippen MR) is 356 cm³/mol. The zero-order valence-corrected chi connectivity index (χ0v) is 55.4. The van der Waals surface area contributed by atoms with Gasteiger partial charge in [0.25, 0.3) is 0 Å². The number of carbonyl (C=O) groups excluding carboxylic acids is 8. The Bertz CT molecular complexity index is 2420. The van der Waals surface area contributed by atoms with Gasteiger partial charge in [0.05, 0.1) is 75.4 Å². The molecule has 0 aromatic heterocycles. The minimum absolute atomic E-state index is 0.000880. The molecule has 0 heterocycles. The number of allylic oxidation sites excluding steroid dienone is 3. The highest BCUT2D eigenvalue weighted by atomic mass is 32.2. The third-order valence-corrected chi connectivity index (χ3v) is 18.0. The molecule has 85 heavy (non-hydrogen) atoms. The maximum Gasteiger partial charge on any atom is 0.316 e. The van der Waals surface area contributed by atoms with Gasteiger partial charge in [-0.15, -0.1) is 0 Å². The molecule has 472 valence electrons. The number of benzene rings is 1. The van der Waals surface area contributed by atoms with E-state index in [0.717, 1.165) is 97.6 Å². The van der Waals surface area contributed by atoms with Crippen LogP contribution in [0.1, 0.15) is 78.2 Å². The van der Waals surface area contributed by atoms with Crippen molar-refractivity contribution in [2.75, 3.05) is 121 Å². The largest absolute Gasteiger partial charge is 0.463 e. The molecule has 0 aliphatic heterocycles. The van der Waals surface area contributed by atoms with Crippen molar-refractivity contribution in [3.05, 3.63) is 59.9 Å². The summed E-state index contributed by atoms with van der Waals surface area (Å²) >= 11 is 26.5. The van der Waals surface area contributed by atoms with Gasteiger partial charge in [-0.1, -0.05) is 171 Å². The minimum atomic E-state index is -0.662. The number of hydrogen-bond donors (Lipinski definition) is 5. The third-order valence-electron chi connectivity index (χ3n) is 12.0. The molecular weight excluding hydrogens is 1250 g/mol. The van der Waals surface area contributed by atoms with Gasteiger partial charge in [-0.25, -0.2) is 4.99 Å². The number of ether oxygens (including phenoxy) is 3. The van der Waals surface area contributed by atoms with Gasteiger partial charge in [-0.3, -0.25) is 38.4 Å². The number of carbonyl (C=O) groups is 8. The smallest absolute Gasteiger partial charge is 0.316 e. The molecule has 5 N–H and O–H groups in total. The van der Waals surface area contributed by atoms with E-state index in [1.165, 1.54) is 9.80 Å². The lowest BCUT2D eigenvalue weighted by Gasteiger charge is -2.27. The molecular formula is C55H82N10O12S8. The Kier molecular flexibility index (Phi) is 41.4. The number of aliphatic hydroxyl groups is 1. The maximum absolute atomic E-state index is 13.4. The fourth-order valence-electron chi connectivity index (χ4n) is 7.54. The average Bonchev–Trinajstić information content (AvgIpc) is 3.63. The molecule has 0 bridgehead atoms. The first-order valence-corrected chi connectivity index (χ1v) is 33.4. The van der Waals surface area contributed by atoms with Crippen molar-refractivity contribution in [1.29, 1.82) is 0 Å². The van der Waals surface area contributed by atoms with Crippen molar-refractivity contribution in [1.82, 2.24) is 45.8 Å². The van der Waals surface area contributed by atoms with Crippen LogP contribution >= 0.6 is 95.9 Å². The van der Waals surface area contributed by atoms with Crippen LogP contribution in [0.25, 0.3) is 0 Å². The summed E-state index contributed by atoms with van der Waals surface area (Å²) in [4.78, 5) is 116. The van der Waals surface area contributed by atoms with Gasteiger partial charge in [0.2, 0.25) is 29.5 Å². The van der Waals surface area contributed by atoms with Crippen molar-refractivity contribution in [2.24, 2.45) is 4.99 Å². The van der Waals surface area contributed by atoms with E-state index in [1.807, 2.05) is 51.1 Å². The summed E-state index contributed by atoms with van der Waals surface area (Å²) in [7, 11) is 0. The van der Waals surface area contributed by atoms with Crippen molar-refractivity contribution >= 4 is 167 Å². The number of hydrogen-bond acceptors (Lipinski definition) is 21. The van der Waals surface area contributed by atoms with Gasteiger partial charge >= 0.3 is 17.9 Å². The Labute approximate surface area is 538 Å². The molecule has 1 aliphatic carbocycles. The highest BCUT2D eigenvalue weighted by molar-refractivity contribution is 8.24. The minimum Gasteiger partial charge on any atom is -0.463 e. The zero-order chi connectivity index (χ0) is 62.8. The van der Waals surface area contributed by atoms with E-state index >= 15 is 0 Å². The van der Waals surface area contributed by atoms with Crippen LogP contribution in [0.15, 0.2) is 59.4 Å². The number of thiocarbonyl (C=S) groups is 4. The van der Waals surface area contributed by atoms with E-state index in [1.54, 1.807) is 39.9 Å². The predicted octanol–water partition coefficient (Wildman–Crippen LogP) is 4.67. The van der Waals surface area contributed by atoms with E-state index in [9.17, 15) is 43.5 Å². The summed E-state index contributed by atoms with van der Waals surface area (Å²) in [6.07, 6.45) is 11.5. The van der Waals surface area contributed by atoms with Crippen LogP contribution in [0.3, 0.4) is 0 Å². The first kappa shape index (κ1) is 76.1. The van der Waals surface area contributed by atoms with Gasteiger partial charge < -0.3 is 65.1 Å². The highest BCUT2D eigenvalue weighted by Gasteiger charge is 2.24. The molecule has 1 fully saturated rings. The van der Waals surface area contributed by atoms with Gasteiger partial charge in [0.1, 0.15) is 42.9 Å². The number of thioether (sulfide) groups is 4. The van der Waals surface area contributed by atoms with E-state index in [0.29, 0.717) is 24.0 Å². The molecule has 1 aromatic rings. The number of amides is 5. The van der Waals surface area contributed by atoms with Crippen LogP contribution < -0.4 is 21.3 Å². The molecule has 1 aromatic carbocycles. The molecule has 1 saturated carbocycles. The second-order valence-corrected chi connectivity index (χ2v) is 24.9. The SMILES string of the molecule is C=N/C(=C\C=C/C)NC(=O)CN(CCO)C(=S)SCC(=O)OCCN(CC(=O)NCc1ccccc1)C(=S)SCC(=O)OCCN(CC(=O)NC1CCCCC1)C(=S)SCC(=O)OCCN(CC(=O)NCCCC)C(=S)SCC(=O)N(CC)CC. The van der Waals surface area contributed by atoms with E-state index in [4.69, 9.17) is 63.1 Å². The van der Waals surface area contributed by atoms with Crippen molar-refractivity contribution < 1.29 is 57.7 Å². The molecule has 0 atom stereocenters. The number of aliphatic hydroxyl groups excluding tert-OH is 1. The van der Waals surface area contributed by atoms with Crippen LogP contribution in [0, 0.1) is 0 Å². The monoisotopic (exact) mass is 1330 g/mol. The second-order valence-electron chi connectivity index (χ2n) is 18.5. The molecule has 5 amide bonds. The quantitative estimate of drug-likeness (QED) is 0.0150. The normalized spacial score (nSPS) is 12.2. The topological polar surface area (TPSA) is 261 Å². The Morgan fingerprint density at radius 1 is 0.635 bits per heavy atom. The van der Waals surface area contributed by atoms with Crippen molar-refractivity contribution in [2.45, 2.75) is 85.2 Å². The van der Waals surface area contributed by atoms with Crippen molar-refractivity contribution in [3.63, 3.8) is 0 Å². The van der Waals surface area contributed by atoms with Gasteiger partial charge in [0.15, 0.2) is 0 Å². The fourth-order valence-corrected chi connectivity index (χ4v) is 11.6. The van der Waals surface area contributed by atoms with Crippen LogP contribution in [0.5, 0.6) is 0 Å². The summed E-state index contributed by atoms with van der Waals surface area (Å²) in [5, 5.41) is 21.0. The number of nitrogens with zero attached hydrogens (tertiary/aromatic N) is 6. The maximum atomic E-state index is 13.4. The van der Waals surface area contributed by atoms with Crippen LogP contribution in [-0.4, -0.2) is 229 Å². The summed E-state index contributed by atoms with van der Waals surface area (Å²) < 4.78 is 17.4. The number of esters is 3. The number of rotatable bonds is 38. The van der Waals surface area contributed by atoms with Crippen LogP contribution in [-0.2, 0) is 59.1 Å². The van der Waals surface area contributed by atoms with E-state index in [-0.39, 0.29) is 157 Å². The second kappa shape index (κ2) is 46.2. The zero-order valence-electron chi connectivity index (χ0n) is 48.9. The van der Waals surface area contributed by atoms with Gasteiger partial charge in [-0.2, -0.15) is 0 Å². The summed E-state index contributed by atoms with van der Waals surface area (Å²) in [6, 6.07) is 9.28. The van der Waals surface area contributed by atoms with E-state index < -0.39 is 23.8 Å². The molecule has 2 rings (SSSR count). The standard InChI is InChI=1S/C55H82N10O12S8/c1-6-10-22-43(56-5)60-47(70)36-62(24-28-66)52(78)83-38-49(72)76-30-26-64(34-45(68)58-32-41-18-14-12-15-19-41)54(80)84-39-50(73)77-31-27-65(35-46(69)59-42-20-16-13-17-21-42)55(81)85-40-51(74)75-29-25-63(33-44(67)57-23-11-7-2)53(79)82-37-48(71)61(8-3)9-4/h6,10,12,14-15,18-19,22,42,66H,5,7-9,11,13,16-17,20-21,23-40H2,1-4H3,(H,57,67)(H,58,68)(H,59,69)(H,60,70)/b10-6-,43-22+. The average molecular weight is 1330 g/mol. The summed E-state index contributed by atoms with van der Waals surface area (Å²) in [5.41, 5.74) is 0.865. The van der Waals surface area contributed by atoms with E-state index in [2.05, 4.69) is 33.0 Å². The molecule has 0 saturated heterocycles. The molecule has 0 radical (unpaired) electrons. The molecule has 0 unspecified atom stereocenters. The first-order chi connectivity index (χ1) is 40.9. The summed E-state index contributed by atoms with van der Waals surface area (Å²) in [5.74, 6) is -3.81. The lowest BCUT2D eigenvalue weighted by atomic mass is 9.95. The Balaban J connectivity index is 2.06. The third kappa shape index (κ3) is 34.8. The van der Waals surface area contributed by atoms with Gasteiger partial charge in [0, 0.05) is 38.8 Å². The van der Waals surface area contributed by atoms with Crippen molar-refractivity contribution in [3.8, 4) is 0 Å². The molecule has 0 spiro atoms. The lowest BCUT2D eigenvalue weighted by molar-refractivity contribution is -0.141. The molecule has 1 aliphatic rings. The molecule has 22 nitrogen and oxygen atoms in total. The fraction of sp³-hybridized carbons (Fsp3) is 0.582. The Morgan fingerprint density at radius 2 is 1.09 bits per heavy atom. The van der Waals surface area contributed by atoms with Crippen LogP contribution in [0.4, 0.5) is 0 Å². The number of nitrogens with one attached hydrogen (secondary N) is 4.